The molecule has 3 nitrogen and oxygen atoms in total. The fourth-order valence-corrected chi connectivity index (χ4v) is 3.21. The minimum absolute atomic E-state index is 0.165. The molecule has 1 unspecified atom stereocenters. The number of hydrogen-bond acceptors (Lipinski definition) is 2. The van der Waals surface area contributed by atoms with Gasteiger partial charge in [-0.2, -0.15) is 5.10 Å². The Kier molecular flexibility index (Phi) is 4.59. The Morgan fingerprint density at radius 2 is 2.11 bits per heavy atom. The molecule has 0 saturated heterocycles. The van der Waals surface area contributed by atoms with E-state index in [9.17, 15) is 0 Å². The molecule has 0 spiro atoms. The van der Waals surface area contributed by atoms with Gasteiger partial charge in [-0.25, -0.2) is 0 Å². The normalized spacial score (nSPS) is 12.7. The lowest BCUT2D eigenvalue weighted by Crippen LogP contribution is -2.18. The molecule has 0 aliphatic carbocycles. The van der Waals surface area contributed by atoms with Crippen LogP contribution in [-0.4, -0.2) is 9.78 Å². The average molecular weight is 373 g/mol. The van der Waals surface area contributed by atoms with E-state index in [-0.39, 0.29) is 6.04 Å². The maximum Gasteiger partial charge on any atom is 0.0734 e. The molecule has 1 heterocycles. The minimum atomic E-state index is -0.165. The molecule has 2 rings (SSSR count). The molecule has 5 heteroatoms. The summed E-state index contributed by atoms with van der Waals surface area (Å²) in [6.45, 7) is 3.02. The number of nitrogens with two attached hydrogens (primary N) is 1. The highest BCUT2D eigenvalue weighted by molar-refractivity contribution is 9.11. The number of rotatable bonds is 4. The first-order valence-electron chi connectivity index (χ1n) is 5.85. The van der Waals surface area contributed by atoms with Crippen molar-refractivity contribution in [2.45, 2.75) is 25.9 Å². The van der Waals surface area contributed by atoms with Crippen LogP contribution in [0.4, 0.5) is 0 Å². The number of hydrogen-bond donors (Lipinski definition) is 1. The van der Waals surface area contributed by atoms with E-state index in [0.717, 1.165) is 33.2 Å². The molecule has 0 bridgehead atoms. The lowest BCUT2D eigenvalue weighted by Gasteiger charge is -2.16. The summed E-state index contributed by atoms with van der Waals surface area (Å²) >= 11 is 7.00. The summed E-state index contributed by atoms with van der Waals surface area (Å²) in [6.07, 6.45) is 2.85. The van der Waals surface area contributed by atoms with E-state index in [2.05, 4.69) is 43.9 Å². The Bertz CT molecular complexity index is 537. The molecular formula is C13H15Br2N3. The zero-order valence-electron chi connectivity index (χ0n) is 10.1. The molecule has 2 N–H and O–H groups in total. The lowest BCUT2D eigenvalue weighted by molar-refractivity contribution is 0.559. The second-order valence-electron chi connectivity index (χ2n) is 4.12. The van der Waals surface area contributed by atoms with Gasteiger partial charge in [-0.1, -0.05) is 44.8 Å². The van der Waals surface area contributed by atoms with Gasteiger partial charge in [-0.3, -0.25) is 4.68 Å². The van der Waals surface area contributed by atoms with Crippen molar-refractivity contribution >= 4 is 31.9 Å². The van der Waals surface area contributed by atoms with E-state index in [1.807, 2.05) is 28.9 Å². The van der Waals surface area contributed by atoms with Gasteiger partial charge in [-0.05, 0) is 30.2 Å². The highest BCUT2D eigenvalue weighted by atomic mass is 79.9. The number of nitrogens with zero attached hydrogens (tertiary/aromatic N) is 2. The predicted octanol–water partition coefficient (Wildman–Crippen LogP) is 3.87. The van der Waals surface area contributed by atoms with Crippen molar-refractivity contribution in [3.8, 4) is 0 Å². The molecular weight excluding hydrogens is 358 g/mol. The molecule has 96 valence electrons. The van der Waals surface area contributed by atoms with Crippen LogP contribution in [0, 0.1) is 0 Å². The van der Waals surface area contributed by atoms with Crippen LogP contribution in [0.2, 0.25) is 0 Å². The van der Waals surface area contributed by atoms with E-state index >= 15 is 0 Å². The van der Waals surface area contributed by atoms with Crippen LogP contribution >= 0.6 is 31.9 Å². The second-order valence-corrected chi connectivity index (χ2v) is 5.89. The zero-order valence-corrected chi connectivity index (χ0v) is 13.3. The first-order valence-corrected chi connectivity index (χ1v) is 7.44. The van der Waals surface area contributed by atoms with Crippen LogP contribution in [0.5, 0.6) is 0 Å². The van der Waals surface area contributed by atoms with Crippen molar-refractivity contribution in [1.82, 2.24) is 9.78 Å². The van der Waals surface area contributed by atoms with Gasteiger partial charge in [0, 0.05) is 21.7 Å². The van der Waals surface area contributed by atoms with Gasteiger partial charge in [-0.15, -0.1) is 0 Å². The average Bonchev–Trinajstić information content (AvgIpc) is 2.77. The van der Waals surface area contributed by atoms with Crippen LogP contribution in [0.15, 0.2) is 39.4 Å². The lowest BCUT2D eigenvalue weighted by atomic mass is 10.0. The van der Waals surface area contributed by atoms with Crippen LogP contribution < -0.4 is 5.73 Å². The van der Waals surface area contributed by atoms with Crippen LogP contribution in [0.25, 0.3) is 0 Å². The smallest absolute Gasteiger partial charge is 0.0734 e. The maximum atomic E-state index is 6.34. The topological polar surface area (TPSA) is 43.8 Å². The van der Waals surface area contributed by atoms with Crippen molar-refractivity contribution in [2.75, 3.05) is 0 Å². The summed E-state index contributed by atoms with van der Waals surface area (Å²) in [5.41, 5.74) is 8.44. The van der Waals surface area contributed by atoms with Gasteiger partial charge in [0.05, 0.1) is 11.7 Å². The van der Waals surface area contributed by atoms with Crippen LogP contribution in [0.1, 0.15) is 30.6 Å². The van der Waals surface area contributed by atoms with Gasteiger partial charge < -0.3 is 5.73 Å². The number of benzene rings is 1. The van der Waals surface area contributed by atoms with Crippen molar-refractivity contribution in [3.05, 3.63) is 50.7 Å². The molecule has 0 radical (unpaired) electrons. The van der Waals surface area contributed by atoms with Crippen molar-refractivity contribution in [3.63, 3.8) is 0 Å². The summed E-state index contributed by atoms with van der Waals surface area (Å²) in [4.78, 5) is 0. The third-order valence-corrected chi connectivity index (χ3v) is 3.98. The Labute approximate surface area is 124 Å². The van der Waals surface area contributed by atoms with E-state index in [1.54, 1.807) is 6.20 Å². The fraction of sp³-hybridized carbons (Fsp3) is 0.308. The van der Waals surface area contributed by atoms with E-state index in [0.29, 0.717) is 0 Å². The Morgan fingerprint density at radius 3 is 2.78 bits per heavy atom. The van der Waals surface area contributed by atoms with Gasteiger partial charge in [0.15, 0.2) is 0 Å². The van der Waals surface area contributed by atoms with E-state index in [4.69, 9.17) is 5.73 Å². The van der Waals surface area contributed by atoms with E-state index in [1.165, 1.54) is 0 Å². The molecule has 18 heavy (non-hydrogen) atoms. The van der Waals surface area contributed by atoms with Crippen LogP contribution in [-0.2, 0) is 6.54 Å². The summed E-state index contributed by atoms with van der Waals surface area (Å²) < 4.78 is 4.01. The minimum Gasteiger partial charge on any atom is -0.319 e. The largest absolute Gasteiger partial charge is 0.319 e. The standard InChI is InChI=1S/C13H15Br2N3/c1-2-7-18-12(5-6-17-18)13(16)10-4-3-9(14)8-11(10)15/h3-6,8,13H,2,7,16H2,1H3. The molecule has 0 saturated carbocycles. The monoisotopic (exact) mass is 371 g/mol. The Morgan fingerprint density at radius 1 is 1.33 bits per heavy atom. The Hall–Kier alpha value is -0.650. The molecule has 1 atom stereocenters. The van der Waals surface area contributed by atoms with Gasteiger partial charge in [0.1, 0.15) is 0 Å². The highest BCUT2D eigenvalue weighted by Crippen LogP contribution is 2.29. The molecule has 0 fully saturated rings. The fourth-order valence-electron chi connectivity index (χ4n) is 1.92. The molecule has 1 aromatic carbocycles. The summed E-state index contributed by atoms with van der Waals surface area (Å²) in [6, 6.07) is 7.86. The van der Waals surface area contributed by atoms with Crippen molar-refractivity contribution < 1.29 is 0 Å². The number of aromatic nitrogens is 2. The van der Waals surface area contributed by atoms with E-state index < -0.39 is 0 Å². The molecule has 0 aliphatic rings. The summed E-state index contributed by atoms with van der Waals surface area (Å²) in [7, 11) is 0. The number of halogens is 2. The van der Waals surface area contributed by atoms with Crippen molar-refractivity contribution in [2.24, 2.45) is 5.73 Å². The quantitative estimate of drug-likeness (QED) is 0.885. The van der Waals surface area contributed by atoms with Gasteiger partial charge in [0.2, 0.25) is 0 Å². The first-order chi connectivity index (χ1) is 8.63. The molecule has 1 aromatic heterocycles. The summed E-state index contributed by atoms with van der Waals surface area (Å²) in [5.74, 6) is 0. The third kappa shape index (κ3) is 2.84. The van der Waals surface area contributed by atoms with Gasteiger partial charge >= 0.3 is 0 Å². The SMILES string of the molecule is CCCn1nccc1C(N)c1ccc(Br)cc1Br. The highest BCUT2D eigenvalue weighted by Gasteiger charge is 2.16. The number of aryl methyl sites for hydroxylation is 1. The second kappa shape index (κ2) is 5.99. The zero-order chi connectivity index (χ0) is 13.1. The Balaban J connectivity index is 2.35. The third-order valence-electron chi connectivity index (χ3n) is 2.80. The van der Waals surface area contributed by atoms with Gasteiger partial charge in [0.25, 0.3) is 0 Å². The molecule has 0 amide bonds. The first kappa shape index (κ1) is 13.8. The maximum absolute atomic E-state index is 6.34. The van der Waals surface area contributed by atoms with Crippen LogP contribution in [0.3, 0.4) is 0 Å². The predicted molar refractivity (Wildman–Crippen MR) is 80.4 cm³/mol. The van der Waals surface area contributed by atoms with Crippen molar-refractivity contribution in [1.29, 1.82) is 0 Å². The summed E-state index contributed by atoms with van der Waals surface area (Å²) in [5, 5.41) is 4.31. The molecule has 0 aliphatic heterocycles. The molecule has 2 aromatic rings.